The summed E-state index contributed by atoms with van der Waals surface area (Å²) in [5.41, 5.74) is 3.25. The van der Waals surface area contributed by atoms with Crippen molar-refractivity contribution in [3.8, 4) is 0 Å². The SMILES string of the molecule is CC(=O)N1C=Cc2ccccc2[C@@H]1CC(=O)Nc1ccc(Cl)c2ncccc12. The van der Waals surface area contributed by atoms with E-state index in [-0.39, 0.29) is 24.3 Å². The van der Waals surface area contributed by atoms with Crippen LogP contribution in [-0.4, -0.2) is 21.7 Å². The number of hydrogen-bond donors (Lipinski definition) is 1. The molecule has 4 rings (SSSR count). The standard InChI is InChI=1S/C22H18ClN3O2/c1-14(27)26-12-10-15-5-2-3-6-16(15)20(26)13-21(28)25-19-9-8-18(23)22-17(19)7-4-11-24-22/h2-12,20H,13H2,1H3,(H,25,28)/t20-/m0/s1. The quantitative estimate of drug-likeness (QED) is 0.698. The summed E-state index contributed by atoms with van der Waals surface area (Å²) in [6.45, 7) is 1.50. The number of carbonyl (C=O) groups is 2. The van der Waals surface area contributed by atoms with Gasteiger partial charge in [0, 0.05) is 24.7 Å². The Kier molecular flexibility index (Phi) is 4.84. The van der Waals surface area contributed by atoms with E-state index < -0.39 is 0 Å². The zero-order chi connectivity index (χ0) is 19.7. The Morgan fingerprint density at radius 1 is 1.14 bits per heavy atom. The molecular formula is C22H18ClN3O2. The van der Waals surface area contributed by atoms with Crippen molar-refractivity contribution in [2.75, 3.05) is 5.32 Å². The van der Waals surface area contributed by atoms with E-state index in [1.54, 1.807) is 35.5 Å². The van der Waals surface area contributed by atoms with Gasteiger partial charge in [-0.25, -0.2) is 0 Å². The van der Waals surface area contributed by atoms with Crippen LogP contribution in [0.25, 0.3) is 17.0 Å². The smallest absolute Gasteiger partial charge is 0.226 e. The molecule has 1 aliphatic heterocycles. The fourth-order valence-corrected chi connectivity index (χ4v) is 3.75. The molecule has 3 aromatic rings. The number of rotatable bonds is 3. The summed E-state index contributed by atoms with van der Waals surface area (Å²) in [6, 6.07) is 14.6. The van der Waals surface area contributed by atoms with Crippen LogP contribution in [0.1, 0.15) is 30.5 Å². The number of amides is 2. The molecule has 0 aliphatic carbocycles. The summed E-state index contributed by atoms with van der Waals surface area (Å²) in [4.78, 5) is 30.8. The molecule has 28 heavy (non-hydrogen) atoms. The van der Waals surface area contributed by atoms with Crippen LogP contribution >= 0.6 is 11.6 Å². The van der Waals surface area contributed by atoms with Crippen LogP contribution < -0.4 is 5.32 Å². The Hall–Kier alpha value is -3.18. The molecule has 5 nitrogen and oxygen atoms in total. The molecule has 2 heterocycles. The van der Waals surface area contributed by atoms with Gasteiger partial charge in [0.15, 0.2) is 0 Å². The van der Waals surface area contributed by atoms with E-state index in [4.69, 9.17) is 11.6 Å². The first-order chi connectivity index (χ1) is 13.5. The molecule has 0 radical (unpaired) electrons. The zero-order valence-corrected chi connectivity index (χ0v) is 16.0. The molecular weight excluding hydrogens is 374 g/mol. The highest BCUT2D eigenvalue weighted by Crippen LogP contribution is 2.34. The second-order valence-corrected chi connectivity index (χ2v) is 7.04. The van der Waals surface area contributed by atoms with Crippen molar-refractivity contribution >= 4 is 46.1 Å². The fraction of sp³-hybridized carbons (Fsp3) is 0.136. The summed E-state index contributed by atoms with van der Waals surface area (Å²) in [6.07, 6.45) is 5.44. The van der Waals surface area contributed by atoms with Crippen molar-refractivity contribution in [2.24, 2.45) is 0 Å². The van der Waals surface area contributed by atoms with Gasteiger partial charge >= 0.3 is 0 Å². The molecule has 1 N–H and O–H groups in total. The minimum absolute atomic E-state index is 0.107. The fourth-order valence-electron chi connectivity index (χ4n) is 3.54. The van der Waals surface area contributed by atoms with Crippen molar-refractivity contribution < 1.29 is 9.59 Å². The summed E-state index contributed by atoms with van der Waals surface area (Å²) >= 11 is 6.20. The van der Waals surface area contributed by atoms with E-state index in [1.807, 2.05) is 36.4 Å². The number of benzene rings is 2. The monoisotopic (exact) mass is 391 g/mol. The van der Waals surface area contributed by atoms with Crippen LogP contribution in [0.15, 0.2) is 60.9 Å². The Morgan fingerprint density at radius 2 is 1.96 bits per heavy atom. The highest BCUT2D eigenvalue weighted by atomic mass is 35.5. The van der Waals surface area contributed by atoms with Crippen LogP contribution in [-0.2, 0) is 9.59 Å². The van der Waals surface area contributed by atoms with Crippen LogP contribution in [0.3, 0.4) is 0 Å². The lowest BCUT2D eigenvalue weighted by molar-refractivity contribution is -0.129. The second-order valence-electron chi connectivity index (χ2n) is 6.63. The van der Waals surface area contributed by atoms with Crippen molar-refractivity contribution in [1.82, 2.24) is 9.88 Å². The third-order valence-corrected chi connectivity index (χ3v) is 5.15. The molecule has 0 saturated carbocycles. The lowest BCUT2D eigenvalue weighted by Crippen LogP contribution is -2.33. The summed E-state index contributed by atoms with van der Waals surface area (Å²) in [5, 5.41) is 4.25. The maximum Gasteiger partial charge on any atom is 0.226 e. The number of nitrogens with one attached hydrogen (secondary N) is 1. The van der Waals surface area contributed by atoms with E-state index in [0.717, 1.165) is 16.5 Å². The summed E-state index contributed by atoms with van der Waals surface area (Å²) < 4.78 is 0. The Morgan fingerprint density at radius 3 is 2.79 bits per heavy atom. The molecule has 0 saturated heterocycles. The molecule has 2 aromatic carbocycles. The van der Waals surface area contributed by atoms with Crippen LogP contribution in [0.2, 0.25) is 5.02 Å². The van der Waals surface area contributed by atoms with Gasteiger partial charge in [0.1, 0.15) is 0 Å². The van der Waals surface area contributed by atoms with Crippen LogP contribution in [0, 0.1) is 0 Å². The Labute approximate surface area is 167 Å². The predicted octanol–water partition coefficient (Wildman–Crippen LogP) is 4.79. The van der Waals surface area contributed by atoms with E-state index in [9.17, 15) is 9.59 Å². The van der Waals surface area contributed by atoms with Crippen LogP contribution in [0.4, 0.5) is 5.69 Å². The molecule has 0 fully saturated rings. The molecule has 140 valence electrons. The molecule has 0 bridgehead atoms. The summed E-state index contributed by atoms with van der Waals surface area (Å²) in [7, 11) is 0. The maximum absolute atomic E-state index is 12.9. The number of hydrogen-bond acceptors (Lipinski definition) is 3. The van der Waals surface area contributed by atoms with Gasteiger partial charge in [0.2, 0.25) is 11.8 Å². The third kappa shape index (κ3) is 3.37. The number of nitrogens with zero attached hydrogens (tertiary/aromatic N) is 2. The van der Waals surface area contributed by atoms with Gasteiger partial charge in [-0.05, 0) is 41.5 Å². The van der Waals surface area contributed by atoms with Crippen molar-refractivity contribution in [3.63, 3.8) is 0 Å². The average Bonchev–Trinajstić information content (AvgIpc) is 2.70. The first-order valence-electron chi connectivity index (χ1n) is 8.93. The maximum atomic E-state index is 12.9. The van der Waals surface area contributed by atoms with E-state index >= 15 is 0 Å². The third-order valence-electron chi connectivity index (χ3n) is 4.84. The lowest BCUT2D eigenvalue weighted by Gasteiger charge is -2.32. The predicted molar refractivity (Wildman–Crippen MR) is 111 cm³/mol. The highest BCUT2D eigenvalue weighted by Gasteiger charge is 2.28. The van der Waals surface area contributed by atoms with E-state index in [2.05, 4.69) is 10.3 Å². The topological polar surface area (TPSA) is 62.3 Å². The van der Waals surface area contributed by atoms with Gasteiger partial charge in [-0.2, -0.15) is 0 Å². The number of pyridine rings is 1. The van der Waals surface area contributed by atoms with Gasteiger partial charge in [-0.3, -0.25) is 14.6 Å². The minimum atomic E-state index is -0.351. The number of halogens is 1. The highest BCUT2D eigenvalue weighted by molar-refractivity contribution is 6.35. The van der Waals surface area contributed by atoms with E-state index in [1.165, 1.54) is 6.92 Å². The minimum Gasteiger partial charge on any atom is -0.325 e. The zero-order valence-electron chi connectivity index (χ0n) is 15.2. The molecule has 1 aromatic heterocycles. The van der Waals surface area contributed by atoms with E-state index in [0.29, 0.717) is 16.2 Å². The molecule has 1 aliphatic rings. The molecule has 0 unspecified atom stereocenters. The van der Waals surface area contributed by atoms with Crippen LogP contribution in [0.5, 0.6) is 0 Å². The Bertz CT molecular complexity index is 1110. The Balaban J connectivity index is 1.62. The van der Waals surface area contributed by atoms with Gasteiger partial charge in [-0.15, -0.1) is 0 Å². The number of anilines is 1. The lowest BCUT2D eigenvalue weighted by atomic mass is 9.93. The van der Waals surface area contributed by atoms with Gasteiger partial charge in [-0.1, -0.05) is 35.9 Å². The second kappa shape index (κ2) is 7.44. The normalized spacial score (nSPS) is 15.4. The molecule has 0 spiro atoms. The number of fused-ring (bicyclic) bond motifs is 2. The summed E-state index contributed by atoms with van der Waals surface area (Å²) in [5.74, 6) is -0.293. The average molecular weight is 392 g/mol. The van der Waals surface area contributed by atoms with Crippen molar-refractivity contribution in [3.05, 3.63) is 77.1 Å². The largest absolute Gasteiger partial charge is 0.325 e. The molecule has 6 heteroatoms. The van der Waals surface area contributed by atoms with Crippen molar-refractivity contribution in [1.29, 1.82) is 0 Å². The number of aromatic nitrogens is 1. The van der Waals surface area contributed by atoms with Gasteiger partial charge < -0.3 is 10.2 Å². The first kappa shape index (κ1) is 18.2. The molecule has 2 amide bonds. The van der Waals surface area contributed by atoms with Gasteiger partial charge in [0.05, 0.1) is 28.7 Å². The molecule has 1 atom stereocenters. The van der Waals surface area contributed by atoms with Gasteiger partial charge in [0.25, 0.3) is 0 Å². The van der Waals surface area contributed by atoms with Crippen molar-refractivity contribution in [2.45, 2.75) is 19.4 Å². The first-order valence-corrected chi connectivity index (χ1v) is 9.31. The number of carbonyl (C=O) groups excluding carboxylic acids is 2.